The Hall–Kier alpha value is -0.180. The quantitative estimate of drug-likeness (QED) is 0.668. The summed E-state index contributed by atoms with van der Waals surface area (Å²) in [4.78, 5) is 3.79. The van der Waals surface area contributed by atoms with Gasteiger partial charge in [0.1, 0.15) is 0 Å². The van der Waals surface area contributed by atoms with Crippen LogP contribution in [0.2, 0.25) is 0 Å². The van der Waals surface area contributed by atoms with Crippen molar-refractivity contribution >= 4 is 34.8 Å². The molecular formula is C6H4Cl3NO. The Labute approximate surface area is 79.0 Å². The highest BCUT2D eigenvalue weighted by molar-refractivity contribution is 6.66. The summed E-state index contributed by atoms with van der Waals surface area (Å²) in [6.45, 7) is 0. The molecule has 0 saturated heterocycles. The third-order valence-electron chi connectivity index (χ3n) is 0.858. The Balaban J connectivity index is 2.66. The van der Waals surface area contributed by atoms with Crippen LogP contribution in [0.4, 0.5) is 0 Å². The van der Waals surface area contributed by atoms with Gasteiger partial charge in [0, 0.05) is 12.3 Å². The first-order chi connectivity index (χ1) is 5.08. The van der Waals surface area contributed by atoms with Crippen LogP contribution in [0, 0.1) is 0 Å². The summed E-state index contributed by atoms with van der Waals surface area (Å²) >= 11 is 16.0. The normalized spacial score (nSPS) is 11.2. The molecular weight excluding hydrogens is 208 g/mol. The molecule has 0 saturated carbocycles. The zero-order valence-corrected chi connectivity index (χ0v) is 7.57. The second kappa shape index (κ2) is 3.48. The summed E-state index contributed by atoms with van der Waals surface area (Å²) < 4.78 is 3.05. The third-order valence-corrected chi connectivity index (χ3v) is 1.09. The van der Waals surface area contributed by atoms with Crippen molar-refractivity contribution in [3.05, 3.63) is 24.4 Å². The maximum absolute atomic E-state index is 5.34. The molecule has 0 aromatic carbocycles. The molecule has 1 rings (SSSR count). The average Bonchev–Trinajstić information content (AvgIpc) is 1.85. The van der Waals surface area contributed by atoms with E-state index in [2.05, 4.69) is 4.98 Å². The van der Waals surface area contributed by atoms with Crippen molar-refractivity contribution in [1.82, 2.24) is 4.98 Å². The summed E-state index contributed by atoms with van der Waals surface area (Å²) in [6, 6.07) is 5.08. The highest BCUT2D eigenvalue weighted by atomic mass is 35.6. The Kier molecular flexibility index (Phi) is 2.82. The molecule has 1 aromatic heterocycles. The molecule has 0 N–H and O–H groups in total. The predicted molar refractivity (Wildman–Crippen MR) is 45.2 cm³/mol. The van der Waals surface area contributed by atoms with E-state index in [4.69, 9.17) is 39.5 Å². The Morgan fingerprint density at radius 2 is 2.00 bits per heavy atom. The molecule has 0 spiro atoms. The van der Waals surface area contributed by atoms with Gasteiger partial charge in [-0.2, -0.15) is 0 Å². The molecule has 0 fully saturated rings. The molecule has 0 aliphatic carbocycles. The lowest BCUT2D eigenvalue weighted by Gasteiger charge is -2.11. The van der Waals surface area contributed by atoms with E-state index in [1.54, 1.807) is 24.4 Å². The lowest BCUT2D eigenvalue weighted by molar-refractivity contribution is 0.307. The number of aromatic nitrogens is 1. The predicted octanol–water partition coefficient (Wildman–Crippen LogP) is 2.79. The Morgan fingerprint density at radius 1 is 1.27 bits per heavy atom. The number of nitrogens with zero attached hydrogens (tertiary/aromatic N) is 1. The number of pyridine rings is 1. The molecule has 1 aromatic rings. The van der Waals surface area contributed by atoms with Gasteiger partial charge < -0.3 is 4.74 Å². The van der Waals surface area contributed by atoms with Crippen molar-refractivity contribution in [2.24, 2.45) is 0 Å². The Bertz CT molecular complexity index is 221. The molecule has 0 aliphatic heterocycles. The van der Waals surface area contributed by atoms with Crippen molar-refractivity contribution in [3.63, 3.8) is 0 Å². The van der Waals surface area contributed by atoms with Crippen molar-refractivity contribution in [2.45, 2.75) is 3.98 Å². The second-order valence-corrected chi connectivity index (χ2v) is 3.89. The van der Waals surface area contributed by atoms with E-state index in [9.17, 15) is 0 Å². The molecule has 0 unspecified atom stereocenters. The molecule has 60 valence electrons. The molecule has 1 heterocycles. The van der Waals surface area contributed by atoms with Crippen LogP contribution in [0.15, 0.2) is 24.4 Å². The van der Waals surface area contributed by atoms with Gasteiger partial charge in [-0.05, 0) is 40.9 Å². The van der Waals surface area contributed by atoms with Gasteiger partial charge in [0.05, 0.1) is 0 Å². The van der Waals surface area contributed by atoms with Gasteiger partial charge in [0.15, 0.2) is 0 Å². The SMILES string of the molecule is ClC(Cl)(Cl)Oc1ccccn1. The van der Waals surface area contributed by atoms with Crippen LogP contribution < -0.4 is 4.74 Å². The molecule has 11 heavy (non-hydrogen) atoms. The van der Waals surface area contributed by atoms with Gasteiger partial charge in [-0.15, -0.1) is 0 Å². The van der Waals surface area contributed by atoms with Crippen molar-refractivity contribution in [2.75, 3.05) is 0 Å². The molecule has 0 bridgehead atoms. The fourth-order valence-electron chi connectivity index (χ4n) is 0.526. The van der Waals surface area contributed by atoms with Crippen LogP contribution in [0.3, 0.4) is 0 Å². The number of hydrogen-bond donors (Lipinski definition) is 0. The average molecular weight is 212 g/mol. The summed E-state index contributed by atoms with van der Waals surface area (Å²) in [5, 5.41) is 0. The van der Waals surface area contributed by atoms with Gasteiger partial charge in [-0.1, -0.05) is 6.07 Å². The molecule has 5 heteroatoms. The zero-order chi connectivity index (χ0) is 8.32. The summed E-state index contributed by atoms with van der Waals surface area (Å²) in [5.74, 6) is 0.285. The topological polar surface area (TPSA) is 22.1 Å². The maximum Gasteiger partial charge on any atom is 0.339 e. The zero-order valence-electron chi connectivity index (χ0n) is 5.30. The number of halogens is 3. The van der Waals surface area contributed by atoms with Gasteiger partial charge in [-0.3, -0.25) is 0 Å². The van der Waals surface area contributed by atoms with E-state index in [1.807, 2.05) is 0 Å². The monoisotopic (exact) mass is 211 g/mol. The van der Waals surface area contributed by atoms with Crippen LogP contribution in [0.5, 0.6) is 5.88 Å². The van der Waals surface area contributed by atoms with Gasteiger partial charge >= 0.3 is 3.98 Å². The lowest BCUT2D eigenvalue weighted by atomic mass is 10.5. The van der Waals surface area contributed by atoms with Gasteiger partial charge in [0.2, 0.25) is 5.88 Å². The van der Waals surface area contributed by atoms with Crippen LogP contribution in [-0.2, 0) is 0 Å². The highest BCUT2D eigenvalue weighted by Crippen LogP contribution is 2.28. The number of rotatable bonds is 1. The fraction of sp³-hybridized carbons (Fsp3) is 0.167. The van der Waals surface area contributed by atoms with Gasteiger partial charge in [0.25, 0.3) is 0 Å². The van der Waals surface area contributed by atoms with Crippen molar-refractivity contribution in [1.29, 1.82) is 0 Å². The molecule has 0 amide bonds. The third kappa shape index (κ3) is 3.65. The number of alkyl halides is 3. The molecule has 0 aliphatic rings. The standard InChI is InChI=1S/C6H4Cl3NO/c7-6(8,9)11-5-3-1-2-4-10-5/h1-4H. The highest BCUT2D eigenvalue weighted by Gasteiger charge is 2.21. The van der Waals surface area contributed by atoms with E-state index < -0.39 is 3.98 Å². The fourth-order valence-corrected chi connectivity index (χ4v) is 0.763. The van der Waals surface area contributed by atoms with E-state index in [0.717, 1.165) is 0 Å². The first-order valence-corrected chi connectivity index (χ1v) is 3.88. The first-order valence-electron chi connectivity index (χ1n) is 2.75. The molecule has 0 atom stereocenters. The first kappa shape index (κ1) is 8.91. The summed E-state index contributed by atoms with van der Waals surface area (Å²) in [5.41, 5.74) is 0. The van der Waals surface area contributed by atoms with Gasteiger partial charge in [-0.25, -0.2) is 4.98 Å². The van der Waals surface area contributed by atoms with E-state index in [-0.39, 0.29) is 5.88 Å². The number of ether oxygens (including phenoxy) is 1. The second-order valence-electron chi connectivity index (χ2n) is 1.72. The minimum atomic E-state index is -1.74. The van der Waals surface area contributed by atoms with E-state index >= 15 is 0 Å². The summed E-state index contributed by atoms with van der Waals surface area (Å²) in [6.07, 6.45) is 1.55. The smallest absolute Gasteiger partial charge is 0.339 e. The van der Waals surface area contributed by atoms with Crippen LogP contribution in [-0.4, -0.2) is 8.96 Å². The minimum Gasteiger partial charge on any atom is -0.428 e. The van der Waals surface area contributed by atoms with E-state index in [1.165, 1.54) is 0 Å². The lowest BCUT2D eigenvalue weighted by Crippen LogP contribution is -2.13. The van der Waals surface area contributed by atoms with Crippen molar-refractivity contribution in [3.8, 4) is 5.88 Å². The molecule has 0 radical (unpaired) electrons. The maximum atomic E-state index is 5.34. The molecule has 2 nitrogen and oxygen atoms in total. The number of hydrogen-bond acceptors (Lipinski definition) is 2. The largest absolute Gasteiger partial charge is 0.428 e. The van der Waals surface area contributed by atoms with Crippen LogP contribution in [0.25, 0.3) is 0 Å². The minimum absolute atomic E-state index is 0.285. The van der Waals surface area contributed by atoms with Crippen LogP contribution >= 0.6 is 34.8 Å². The Morgan fingerprint density at radius 3 is 2.45 bits per heavy atom. The van der Waals surface area contributed by atoms with Crippen molar-refractivity contribution < 1.29 is 4.74 Å². The van der Waals surface area contributed by atoms with Crippen LogP contribution in [0.1, 0.15) is 0 Å². The summed E-state index contributed by atoms with van der Waals surface area (Å²) in [7, 11) is 0. The van der Waals surface area contributed by atoms with E-state index in [0.29, 0.717) is 0 Å².